The predicted octanol–water partition coefficient (Wildman–Crippen LogP) is -1.50. The minimum absolute atomic E-state index is 0.0945. The number of amides is 1. The van der Waals surface area contributed by atoms with E-state index in [4.69, 9.17) is 0 Å². The smallest absolute Gasteiger partial charge is 0.227 e. The zero-order valence-corrected chi connectivity index (χ0v) is 6.40. The van der Waals surface area contributed by atoms with Gasteiger partial charge in [0.2, 0.25) is 5.91 Å². The summed E-state index contributed by atoms with van der Waals surface area (Å²) in [5.74, 6) is 0.465. The Morgan fingerprint density at radius 1 is 1.73 bits per heavy atom. The van der Waals surface area contributed by atoms with Crippen molar-refractivity contribution in [2.24, 2.45) is 7.05 Å². The van der Waals surface area contributed by atoms with Gasteiger partial charge in [0.05, 0.1) is 6.42 Å². The molecular weight excluding hydrogens is 146 g/mol. The number of hydrogen-bond acceptors (Lipinski definition) is 4. The molecule has 6 heteroatoms. The van der Waals surface area contributed by atoms with Gasteiger partial charge in [-0.15, -0.1) is 5.10 Å². The van der Waals surface area contributed by atoms with Crippen LogP contribution in [0.1, 0.15) is 5.82 Å². The number of hydrogen-bond donors (Lipinski definition) is 1. The van der Waals surface area contributed by atoms with Crippen LogP contribution in [-0.2, 0) is 18.3 Å². The lowest BCUT2D eigenvalue weighted by molar-refractivity contribution is -0.120. The molecular formula is C5H9N5O. The molecule has 1 aromatic heterocycles. The van der Waals surface area contributed by atoms with Crippen molar-refractivity contribution in [3.05, 3.63) is 5.82 Å². The standard InChI is InChI=1S/C5H9N5O/c1-6-5(11)3-4-7-8-9-10(4)2/h3H2,1-2H3,(H,6,11). The molecule has 1 aromatic rings. The molecule has 0 radical (unpaired) electrons. The van der Waals surface area contributed by atoms with Crippen LogP contribution in [0.2, 0.25) is 0 Å². The largest absolute Gasteiger partial charge is 0.359 e. The van der Waals surface area contributed by atoms with E-state index in [1.807, 2.05) is 0 Å². The maximum absolute atomic E-state index is 10.8. The highest BCUT2D eigenvalue weighted by atomic mass is 16.1. The first-order chi connectivity index (χ1) is 5.24. The van der Waals surface area contributed by atoms with Gasteiger partial charge in [0.1, 0.15) is 0 Å². The van der Waals surface area contributed by atoms with E-state index in [2.05, 4.69) is 20.8 Å². The van der Waals surface area contributed by atoms with Gasteiger partial charge < -0.3 is 5.32 Å². The quantitative estimate of drug-likeness (QED) is 0.564. The summed E-state index contributed by atoms with van der Waals surface area (Å²) in [5, 5.41) is 13.1. The molecule has 0 aromatic carbocycles. The lowest BCUT2D eigenvalue weighted by atomic mass is 10.4. The Hall–Kier alpha value is -1.46. The van der Waals surface area contributed by atoms with Gasteiger partial charge in [0.15, 0.2) is 5.82 Å². The Morgan fingerprint density at radius 3 is 2.91 bits per heavy atom. The van der Waals surface area contributed by atoms with Crippen LogP contribution >= 0.6 is 0 Å². The van der Waals surface area contributed by atoms with E-state index in [0.29, 0.717) is 5.82 Å². The summed E-state index contributed by atoms with van der Waals surface area (Å²) in [7, 11) is 3.27. The number of rotatable bonds is 2. The summed E-state index contributed by atoms with van der Waals surface area (Å²) >= 11 is 0. The molecule has 0 aliphatic rings. The van der Waals surface area contributed by atoms with Gasteiger partial charge >= 0.3 is 0 Å². The molecule has 0 saturated heterocycles. The Morgan fingerprint density at radius 2 is 2.45 bits per heavy atom. The minimum Gasteiger partial charge on any atom is -0.359 e. The molecule has 11 heavy (non-hydrogen) atoms. The topological polar surface area (TPSA) is 72.7 Å². The number of tetrazole rings is 1. The second-order valence-corrected chi connectivity index (χ2v) is 2.07. The monoisotopic (exact) mass is 155 g/mol. The predicted molar refractivity (Wildman–Crippen MR) is 36.6 cm³/mol. The molecule has 1 N–H and O–H groups in total. The maximum atomic E-state index is 10.8. The van der Waals surface area contributed by atoms with Crippen LogP contribution in [0.3, 0.4) is 0 Å². The summed E-state index contributed by atoms with van der Waals surface area (Å²) in [4.78, 5) is 10.8. The first-order valence-electron chi connectivity index (χ1n) is 3.16. The van der Waals surface area contributed by atoms with Gasteiger partial charge in [-0.25, -0.2) is 4.68 Å². The molecule has 0 fully saturated rings. The molecule has 0 aliphatic heterocycles. The van der Waals surface area contributed by atoms with Crippen molar-refractivity contribution in [1.29, 1.82) is 0 Å². The van der Waals surface area contributed by atoms with Crippen molar-refractivity contribution >= 4 is 5.91 Å². The molecule has 1 amide bonds. The highest BCUT2D eigenvalue weighted by Crippen LogP contribution is 1.88. The number of likely N-dealkylation sites (N-methyl/N-ethyl adjacent to an activating group) is 1. The van der Waals surface area contributed by atoms with Gasteiger partial charge in [-0.3, -0.25) is 4.79 Å². The molecule has 0 bridgehead atoms. The molecule has 0 spiro atoms. The van der Waals surface area contributed by atoms with Crippen LogP contribution in [0.15, 0.2) is 0 Å². The molecule has 1 rings (SSSR count). The summed E-state index contributed by atoms with van der Waals surface area (Å²) < 4.78 is 1.47. The van der Waals surface area contributed by atoms with E-state index in [1.165, 1.54) is 4.68 Å². The van der Waals surface area contributed by atoms with Crippen LogP contribution in [0.25, 0.3) is 0 Å². The Labute approximate surface area is 63.6 Å². The third-order valence-electron chi connectivity index (χ3n) is 1.31. The fourth-order valence-electron chi connectivity index (χ4n) is 0.630. The average Bonchev–Trinajstić information content (AvgIpc) is 2.37. The van der Waals surface area contributed by atoms with Crippen LogP contribution < -0.4 is 5.32 Å². The van der Waals surface area contributed by atoms with E-state index < -0.39 is 0 Å². The van der Waals surface area contributed by atoms with Gasteiger partial charge in [0.25, 0.3) is 0 Å². The number of carbonyl (C=O) groups excluding carboxylic acids is 1. The van der Waals surface area contributed by atoms with E-state index >= 15 is 0 Å². The molecule has 0 atom stereocenters. The summed E-state index contributed by atoms with van der Waals surface area (Å²) in [6.45, 7) is 0. The zero-order valence-electron chi connectivity index (χ0n) is 6.40. The molecule has 0 aliphatic carbocycles. The number of aryl methyl sites for hydroxylation is 1. The number of carbonyl (C=O) groups is 1. The van der Waals surface area contributed by atoms with Gasteiger partial charge in [-0.2, -0.15) is 0 Å². The van der Waals surface area contributed by atoms with Crippen molar-refractivity contribution in [1.82, 2.24) is 25.5 Å². The molecule has 0 saturated carbocycles. The van der Waals surface area contributed by atoms with Crippen molar-refractivity contribution in [2.75, 3.05) is 7.05 Å². The molecule has 0 unspecified atom stereocenters. The van der Waals surface area contributed by atoms with Gasteiger partial charge in [-0.1, -0.05) is 0 Å². The fraction of sp³-hybridized carbons (Fsp3) is 0.600. The van der Waals surface area contributed by atoms with Gasteiger partial charge in [0, 0.05) is 14.1 Å². The first-order valence-corrected chi connectivity index (χ1v) is 3.16. The molecule has 6 nitrogen and oxygen atoms in total. The number of nitrogens with zero attached hydrogens (tertiary/aromatic N) is 4. The summed E-state index contributed by atoms with van der Waals surface area (Å²) in [6, 6.07) is 0. The van der Waals surface area contributed by atoms with Crippen LogP contribution in [0, 0.1) is 0 Å². The van der Waals surface area contributed by atoms with Crippen molar-refractivity contribution in [3.8, 4) is 0 Å². The Bertz CT molecular complexity index is 255. The maximum Gasteiger partial charge on any atom is 0.227 e. The van der Waals surface area contributed by atoms with E-state index in [0.717, 1.165) is 0 Å². The number of nitrogens with one attached hydrogen (secondary N) is 1. The summed E-state index contributed by atoms with van der Waals surface area (Å²) in [6.07, 6.45) is 0.222. The van der Waals surface area contributed by atoms with Crippen LogP contribution in [0.4, 0.5) is 0 Å². The summed E-state index contributed by atoms with van der Waals surface area (Å²) in [5.41, 5.74) is 0. The second-order valence-electron chi connectivity index (χ2n) is 2.07. The average molecular weight is 155 g/mol. The second kappa shape index (κ2) is 3.09. The highest BCUT2D eigenvalue weighted by Gasteiger charge is 2.06. The van der Waals surface area contributed by atoms with Crippen molar-refractivity contribution in [3.63, 3.8) is 0 Å². The first kappa shape index (κ1) is 7.64. The molecule has 1 heterocycles. The fourth-order valence-corrected chi connectivity index (χ4v) is 0.630. The van der Waals surface area contributed by atoms with E-state index in [-0.39, 0.29) is 12.3 Å². The van der Waals surface area contributed by atoms with Crippen LogP contribution in [0.5, 0.6) is 0 Å². The van der Waals surface area contributed by atoms with Crippen molar-refractivity contribution < 1.29 is 4.79 Å². The van der Waals surface area contributed by atoms with E-state index in [9.17, 15) is 4.79 Å². The Kier molecular flexibility index (Phi) is 2.15. The zero-order chi connectivity index (χ0) is 8.27. The minimum atomic E-state index is -0.0945. The third kappa shape index (κ3) is 1.73. The Balaban J connectivity index is 2.64. The number of aromatic nitrogens is 4. The van der Waals surface area contributed by atoms with E-state index in [1.54, 1.807) is 14.1 Å². The van der Waals surface area contributed by atoms with Gasteiger partial charge in [-0.05, 0) is 10.4 Å². The lowest BCUT2D eigenvalue weighted by Gasteiger charge is -1.96. The third-order valence-corrected chi connectivity index (χ3v) is 1.31. The molecule has 60 valence electrons. The van der Waals surface area contributed by atoms with Crippen molar-refractivity contribution in [2.45, 2.75) is 6.42 Å². The normalized spacial score (nSPS) is 9.64. The highest BCUT2D eigenvalue weighted by molar-refractivity contribution is 5.77. The SMILES string of the molecule is CNC(=O)Cc1nnnn1C. The lowest BCUT2D eigenvalue weighted by Crippen LogP contribution is -2.21. The van der Waals surface area contributed by atoms with Crippen LogP contribution in [-0.4, -0.2) is 33.2 Å².